The van der Waals surface area contributed by atoms with E-state index >= 15 is 0 Å². The first-order valence-electron chi connectivity index (χ1n) is 6.22. The molecule has 0 saturated carbocycles. The van der Waals surface area contributed by atoms with Crippen LogP contribution in [0.5, 0.6) is 0 Å². The van der Waals surface area contributed by atoms with E-state index in [-0.39, 0.29) is 0 Å². The molecule has 0 aliphatic heterocycles. The number of rotatable bonds is 2. The third-order valence-electron chi connectivity index (χ3n) is 3.17. The molecule has 1 N–H and O–H groups in total. The van der Waals surface area contributed by atoms with Crippen molar-refractivity contribution in [3.05, 3.63) is 48.3 Å². The maximum absolute atomic E-state index is 4.61. The van der Waals surface area contributed by atoms with Crippen LogP contribution in [-0.4, -0.2) is 9.97 Å². The van der Waals surface area contributed by atoms with Crippen LogP contribution >= 0.6 is 0 Å². The van der Waals surface area contributed by atoms with Gasteiger partial charge in [-0.1, -0.05) is 6.07 Å². The first-order valence-corrected chi connectivity index (χ1v) is 6.22. The van der Waals surface area contributed by atoms with Crippen molar-refractivity contribution in [3.63, 3.8) is 0 Å². The van der Waals surface area contributed by atoms with E-state index in [2.05, 4.69) is 71.1 Å². The lowest BCUT2D eigenvalue weighted by Crippen LogP contribution is -2.30. The molecule has 0 fully saturated rings. The third kappa shape index (κ3) is 1.88. The second kappa shape index (κ2) is 4.26. The zero-order chi connectivity index (χ0) is 12.5. The van der Waals surface area contributed by atoms with Gasteiger partial charge in [0.1, 0.15) is 12.4 Å². The van der Waals surface area contributed by atoms with Crippen molar-refractivity contribution in [1.82, 2.24) is 9.97 Å². The molecule has 0 spiro atoms. The molecule has 2 aromatic heterocycles. The van der Waals surface area contributed by atoms with Crippen molar-refractivity contribution in [2.75, 3.05) is 0 Å². The number of nitrogens with zero attached hydrogens (tertiary/aromatic N) is 2. The fourth-order valence-corrected chi connectivity index (χ4v) is 2.09. The molecule has 0 amide bonds. The lowest BCUT2D eigenvalue weighted by Gasteiger charge is -1.95. The van der Waals surface area contributed by atoms with Gasteiger partial charge in [0.25, 0.3) is 0 Å². The van der Waals surface area contributed by atoms with Crippen molar-refractivity contribution in [1.29, 1.82) is 0 Å². The lowest BCUT2D eigenvalue weighted by molar-refractivity contribution is -0.693. The zero-order valence-corrected chi connectivity index (χ0v) is 10.6. The summed E-state index contributed by atoms with van der Waals surface area (Å²) in [6, 6.07) is 10.5. The summed E-state index contributed by atoms with van der Waals surface area (Å²) in [5.41, 5.74) is 4.48. The number of nitrogens with one attached hydrogen (secondary N) is 1. The molecular formula is C15H16N3+. The number of aromatic amines is 1. The monoisotopic (exact) mass is 238 g/mol. The summed E-state index contributed by atoms with van der Waals surface area (Å²) in [4.78, 5) is 7.98. The van der Waals surface area contributed by atoms with E-state index in [4.69, 9.17) is 0 Å². The Morgan fingerprint density at radius 2 is 1.94 bits per heavy atom. The minimum absolute atomic E-state index is 0.929. The van der Waals surface area contributed by atoms with E-state index in [0.717, 1.165) is 29.0 Å². The van der Waals surface area contributed by atoms with Crippen LogP contribution in [0.1, 0.15) is 12.5 Å². The van der Waals surface area contributed by atoms with Crippen molar-refractivity contribution in [2.45, 2.75) is 20.4 Å². The Kier molecular flexibility index (Phi) is 2.59. The summed E-state index contributed by atoms with van der Waals surface area (Å²) >= 11 is 0. The molecule has 1 aromatic carbocycles. The molecule has 0 unspecified atom stereocenters. The lowest BCUT2D eigenvalue weighted by atomic mass is 10.2. The number of fused-ring (bicyclic) bond motifs is 1. The van der Waals surface area contributed by atoms with Crippen molar-refractivity contribution in [2.24, 2.45) is 0 Å². The highest BCUT2D eigenvalue weighted by Crippen LogP contribution is 2.20. The fourth-order valence-electron chi connectivity index (χ4n) is 2.09. The minimum atomic E-state index is 0.929. The molecule has 90 valence electrons. The summed E-state index contributed by atoms with van der Waals surface area (Å²) in [6.07, 6.45) is 4.15. The topological polar surface area (TPSA) is 32.6 Å². The summed E-state index contributed by atoms with van der Waals surface area (Å²) in [5.74, 6) is 0.929. The highest BCUT2D eigenvalue weighted by molar-refractivity contribution is 5.79. The number of benzene rings is 1. The van der Waals surface area contributed by atoms with Gasteiger partial charge in [-0.05, 0) is 31.5 Å². The number of H-pyrrole nitrogens is 1. The summed E-state index contributed by atoms with van der Waals surface area (Å²) in [5, 5.41) is 0. The van der Waals surface area contributed by atoms with Gasteiger partial charge >= 0.3 is 0 Å². The quantitative estimate of drug-likeness (QED) is 0.684. The highest BCUT2D eigenvalue weighted by Gasteiger charge is 2.06. The minimum Gasteiger partial charge on any atom is -0.338 e. The highest BCUT2D eigenvalue weighted by atomic mass is 14.9. The van der Waals surface area contributed by atoms with Gasteiger partial charge in [-0.25, -0.2) is 9.55 Å². The van der Waals surface area contributed by atoms with Crippen LogP contribution in [0.25, 0.3) is 22.4 Å². The van der Waals surface area contributed by atoms with Crippen LogP contribution in [0.15, 0.2) is 42.7 Å². The third-order valence-corrected chi connectivity index (χ3v) is 3.17. The maximum Gasteiger partial charge on any atom is 0.169 e. The molecule has 0 atom stereocenters. The Balaban J connectivity index is 2.07. The molecule has 0 radical (unpaired) electrons. The van der Waals surface area contributed by atoms with Crippen LogP contribution in [0.2, 0.25) is 0 Å². The van der Waals surface area contributed by atoms with Crippen LogP contribution in [0, 0.1) is 6.92 Å². The first kappa shape index (κ1) is 11.0. The average Bonchev–Trinajstić information content (AvgIpc) is 2.81. The van der Waals surface area contributed by atoms with Crippen LogP contribution < -0.4 is 4.57 Å². The second-order valence-corrected chi connectivity index (χ2v) is 4.52. The van der Waals surface area contributed by atoms with Gasteiger partial charge in [0.2, 0.25) is 0 Å². The fraction of sp³-hybridized carbons (Fsp3) is 0.200. The Morgan fingerprint density at radius 1 is 1.17 bits per heavy atom. The molecule has 0 aliphatic rings. The van der Waals surface area contributed by atoms with Gasteiger partial charge in [0, 0.05) is 17.7 Å². The van der Waals surface area contributed by atoms with E-state index in [1.807, 2.05) is 0 Å². The molecular weight excluding hydrogens is 222 g/mol. The molecule has 2 heterocycles. The molecule has 0 aliphatic carbocycles. The number of aryl methyl sites for hydroxylation is 2. The Hall–Kier alpha value is -2.16. The average molecular weight is 238 g/mol. The van der Waals surface area contributed by atoms with Crippen LogP contribution in [-0.2, 0) is 6.54 Å². The van der Waals surface area contributed by atoms with E-state index in [1.54, 1.807) is 0 Å². The normalized spacial score (nSPS) is 11.0. The van der Waals surface area contributed by atoms with E-state index in [9.17, 15) is 0 Å². The van der Waals surface area contributed by atoms with Gasteiger partial charge in [-0.15, -0.1) is 0 Å². The smallest absolute Gasteiger partial charge is 0.169 e. The van der Waals surface area contributed by atoms with E-state index < -0.39 is 0 Å². The second-order valence-electron chi connectivity index (χ2n) is 4.52. The van der Waals surface area contributed by atoms with Gasteiger partial charge in [-0.2, -0.15) is 0 Å². The first-order chi connectivity index (χ1) is 8.76. The van der Waals surface area contributed by atoms with Gasteiger partial charge in [0.15, 0.2) is 12.4 Å². The molecule has 3 nitrogen and oxygen atoms in total. The molecule has 3 rings (SSSR count). The maximum atomic E-state index is 4.61. The van der Waals surface area contributed by atoms with Crippen LogP contribution in [0.4, 0.5) is 0 Å². The van der Waals surface area contributed by atoms with Gasteiger partial charge in [0.05, 0.1) is 11.0 Å². The molecule has 0 saturated heterocycles. The van der Waals surface area contributed by atoms with Gasteiger partial charge < -0.3 is 4.98 Å². The van der Waals surface area contributed by atoms with Crippen molar-refractivity contribution >= 4 is 11.0 Å². The molecule has 3 aromatic rings. The van der Waals surface area contributed by atoms with E-state index in [0.29, 0.717) is 0 Å². The summed E-state index contributed by atoms with van der Waals surface area (Å²) in [7, 11) is 0. The number of imidazole rings is 1. The number of aromatic nitrogens is 3. The summed E-state index contributed by atoms with van der Waals surface area (Å²) < 4.78 is 2.14. The van der Waals surface area contributed by atoms with Crippen molar-refractivity contribution in [3.8, 4) is 11.4 Å². The zero-order valence-electron chi connectivity index (χ0n) is 10.6. The summed E-state index contributed by atoms with van der Waals surface area (Å²) in [6.45, 7) is 5.20. The number of pyridine rings is 1. The van der Waals surface area contributed by atoms with Crippen molar-refractivity contribution < 1.29 is 4.57 Å². The van der Waals surface area contributed by atoms with Crippen LogP contribution in [0.3, 0.4) is 0 Å². The Morgan fingerprint density at radius 3 is 2.67 bits per heavy atom. The number of hydrogen-bond donors (Lipinski definition) is 1. The Labute approximate surface area is 106 Å². The number of hydrogen-bond acceptors (Lipinski definition) is 1. The van der Waals surface area contributed by atoms with Gasteiger partial charge in [-0.3, -0.25) is 0 Å². The predicted octanol–water partition coefficient (Wildman–Crippen LogP) is 2.85. The van der Waals surface area contributed by atoms with E-state index in [1.165, 1.54) is 5.56 Å². The molecule has 3 heteroatoms. The Bertz CT molecular complexity index is 681. The molecule has 18 heavy (non-hydrogen) atoms. The SMILES string of the molecule is CC[n+]1ccc(-c2nc3ccc(C)cc3[nH]2)cc1. The molecule has 0 bridgehead atoms. The predicted molar refractivity (Wildman–Crippen MR) is 72.1 cm³/mol. The largest absolute Gasteiger partial charge is 0.338 e. The standard InChI is InChI=1S/C15H15N3/c1-3-18-8-6-12(7-9-18)15-16-13-5-4-11(2)10-14(13)17-15/h4-10H,3H2,1-2H3/p+1.